The molecule has 0 aliphatic carbocycles. The monoisotopic (exact) mass is 340 g/mol. The van der Waals surface area contributed by atoms with Crippen molar-refractivity contribution in [3.8, 4) is 0 Å². The van der Waals surface area contributed by atoms with Gasteiger partial charge in [-0.2, -0.15) is 0 Å². The van der Waals surface area contributed by atoms with Gasteiger partial charge in [-0.15, -0.1) is 0 Å². The van der Waals surface area contributed by atoms with Crippen molar-refractivity contribution in [2.75, 3.05) is 18.0 Å². The molecule has 0 bridgehead atoms. The molecule has 0 aromatic heterocycles. The minimum Gasteiger partial charge on any atom is -0.310 e. The first-order valence-corrected chi connectivity index (χ1v) is 7.98. The van der Waals surface area contributed by atoms with Gasteiger partial charge >= 0.3 is 0 Å². The van der Waals surface area contributed by atoms with E-state index >= 15 is 0 Å². The van der Waals surface area contributed by atoms with Crippen LogP contribution in [0.1, 0.15) is 26.3 Å². The quantitative estimate of drug-likeness (QED) is 0.789. The van der Waals surface area contributed by atoms with Crippen LogP contribution >= 0.6 is 11.6 Å². The fourth-order valence-corrected chi connectivity index (χ4v) is 3.40. The zero-order chi connectivity index (χ0) is 16.8. The maximum Gasteiger partial charge on any atom is 0.262 e. The second kappa shape index (κ2) is 5.46. The zero-order valence-electron chi connectivity index (χ0n) is 12.7. The van der Waals surface area contributed by atoms with E-state index in [2.05, 4.69) is 0 Å². The van der Waals surface area contributed by atoms with Gasteiger partial charge in [0.25, 0.3) is 11.8 Å². The minimum atomic E-state index is -0.474. The van der Waals surface area contributed by atoms with Crippen LogP contribution in [0, 0.1) is 0 Å². The van der Waals surface area contributed by atoms with Crippen LogP contribution in [0.3, 0.4) is 0 Å². The summed E-state index contributed by atoms with van der Waals surface area (Å²) in [5.41, 5.74) is 2.49. The molecule has 2 aliphatic rings. The highest BCUT2D eigenvalue weighted by molar-refractivity contribution is 6.32. The average molecular weight is 341 g/mol. The van der Waals surface area contributed by atoms with Gasteiger partial charge in [0.15, 0.2) is 0 Å². The molecule has 24 heavy (non-hydrogen) atoms. The Balaban J connectivity index is 1.58. The maximum absolute atomic E-state index is 12.6. The van der Waals surface area contributed by atoms with Gasteiger partial charge in [-0.25, -0.2) is 0 Å². The zero-order valence-corrected chi connectivity index (χ0v) is 13.4. The van der Waals surface area contributed by atoms with Gasteiger partial charge in [0.05, 0.1) is 11.1 Å². The summed E-state index contributed by atoms with van der Waals surface area (Å²) in [7, 11) is 0. The predicted molar refractivity (Wildman–Crippen MR) is 89.3 cm³/mol. The Morgan fingerprint density at radius 2 is 1.79 bits per heavy atom. The number of halogens is 1. The second-order valence-electron chi connectivity index (χ2n) is 5.81. The Morgan fingerprint density at radius 3 is 2.62 bits per heavy atom. The maximum atomic E-state index is 12.6. The molecule has 3 amide bonds. The highest BCUT2D eigenvalue weighted by atomic mass is 35.5. The molecule has 5 nitrogen and oxygen atoms in total. The number of anilines is 1. The lowest BCUT2D eigenvalue weighted by Gasteiger charge is -2.20. The summed E-state index contributed by atoms with van der Waals surface area (Å²) >= 11 is 5.89. The van der Waals surface area contributed by atoms with E-state index in [1.165, 1.54) is 12.1 Å². The first-order valence-electron chi connectivity index (χ1n) is 7.60. The Labute approximate surface area is 143 Å². The molecule has 6 heteroatoms. The Hall–Kier alpha value is -2.66. The highest BCUT2D eigenvalue weighted by Gasteiger charge is 2.38. The number of rotatable bonds is 2. The molecule has 0 atom stereocenters. The second-order valence-corrected chi connectivity index (χ2v) is 6.25. The van der Waals surface area contributed by atoms with Crippen molar-refractivity contribution in [3.05, 3.63) is 64.2 Å². The summed E-state index contributed by atoms with van der Waals surface area (Å²) in [5.74, 6) is -1.19. The van der Waals surface area contributed by atoms with Gasteiger partial charge in [-0.05, 0) is 36.2 Å². The third-order valence-electron chi connectivity index (χ3n) is 4.41. The van der Waals surface area contributed by atoms with Gasteiger partial charge < -0.3 is 4.90 Å². The van der Waals surface area contributed by atoms with Gasteiger partial charge in [0.1, 0.15) is 6.54 Å². The van der Waals surface area contributed by atoms with Crippen molar-refractivity contribution in [1.82, 2.24) is 4.90 Å². The molecule has 0 fully saturated rings. The smallest absolute Gasteiger partial charge is 0.262 e. The van der Waals surface area contributed by atoms with Gasteiger partial charge in [0.2, 0.25) is 5.91 Å². The molecule has 0 saturated heterocycles. The lowest BCUT2D eigenvalue weighted by atomic mass is 10.1. The molecular weight excluding hydrogens is 328 g/mol. The third-order valence-corrected chi connectivity index (χ3v) is 4.65. The molecule has 0 radical (unpaired) electrons. The van der Waals surface area contributed by atoms with E-state index in [4.69, 9.17) is 11.6 Å². The fourth-order valence-electron chi connectivity index (χ4n) is 3.22. The number of amides is 3. The summed E-state index contributed by atoms with van der Waals surface area (Å²) in [6.07, 6.45) is 0.777. The lowest BCUT2D eigenvalue weighted by molar-refractivity contribution is -0.118. The molecule has 0 spiro atoms. The standard InChI is InChI=1S/C18H13ClN2O3/c19-12-5-6-13-14(9-12)18(24)21(17(13)23)10-16(22)20-8-7-11-3-1-2-4-15(11)20/h1-6,9H,7-8,10H2. The number of hydrogen-bond donors (Lipinski definition) is 0. The highest BCUT2D eigenvalue weighted by Crippen LogP contribution is 2.29. The number of nitrogens with zero attached hydrogens (tertiary/aromatic N) is 2. The fraction of sp³-hybridized carbons (Fsp3) is 0.167. The van der Waals surface area contributed by atoms with Crippen LogP contribution in [0.5, 0.6) is 0 Å². The molecule has 2 aliphatic heterocycles. The van der Waals surface area contributed by atoms with E-state index in [9.17, 15) is 14.4 Å². The number of hydrogen-bond acceptors (Lipinski definition) is 3. The van der Waals surface area contributed by atoms with E-state index in [1.807, 2.05) is 24.3 Å². The Bertz CT molecular complexity index is 894. The predicted octanol–water partition coefficient (Wildman–Crippen LogP) is 2.53. The van der Waals surface area contributed by atoms with Crippen molar-refractivity contribution < 1.29 is 14.4 Å². The van der Waals surface area contributed by atoms with Crippen LogP contribution in [-0.4, -0.2) is 35.7 Å². The number of para-hydroxylation sites is 1. The van der Waals surface area contributed by atoms with Crippen molar-refractivity contribution in [3.63, 3.8) is 0 Å². The average Bonchev–Trinajstić information content (AvgIpc) is 3.10. The molecule has 2 heterocycles. The van der Waals surface area contributed by atoms with E-state index in [0.29, 0.717) is 17.1 Å². The van der Waals surface area contributed by atoms with Crippen molar-refractivity contribution >= 4 is 35.0 Å². The first kappa shape index (κ1) is 14.9. The first-order chi connectivity index (χ1) is 11.6. The van der Waals surface area contributed by atoms with E-state index < -0.39 is 11.8 Å². The topological polar surface area (TPSA) is 57.7 Å². The van der Waals surface area contributed by atoms with Crippen LogP contribution in [0.4, 0.5) is 5.69 Å². The summed E-state index contributed by atoms with van der Waals surface area (Å²) in [6, 6.07) is 12.2. The molecule has 4 rings (SSSR count). The van der Waals surface area contributed by atoms with Gasteiger partial charge in [-0.1, -0.05) is 29.8 Å². The van der Waals surface area contributed by atoms with Crippen molar-refractivity contribution in [2.24, 2.45) is 0 Å². The molecule has 0 N–H and O–H groups in total. The van der Waals surface area contributed by atoms with E-state index in [-0.39, 0.29) is 18.0 Å². The molecule has 0 unspecified atom stereocenters. The largest absolute Gasteiger partial charge is 0.310 e. The van der Waals surface area contributed by atoms with Crippen LogP contribution in [-0.2, 0) is 11.2 Å². The number of carbonyl (C=O) groups excluding carboxylic acids is 3. The minimum absolute atomic E-state index is 0.252. The molecule has 0 saturated carbocycles. The summed E-state index contributed by atoms with van der Waals surface area (Å²) in [5, 5.41) is 0.386. The number of fused-ring (bicyclic) bond motifs is 2. The van der Waals surface area contributed by atoms with Gasteiger partial charge in [0, 0.05) is 17.3 Å². The van der Waals surface area contributed by atoms with Crippen molar-refractivity contribution in [1.29, 1.82) is 0 Å². The van der Waals surface area contributed by atoms with Crippen LogP contribution in [0.25, 0.3) is 0 Å². The third kappa shape index (κ3) is 2.20. The number of carbonyl (C=O) groups is 3. The summed E-state index contributed by atoms with van der Waals surface area (Å²) in [6.45, 7) is 0.297. The van der Waals surface area contributed by atoms with E-state index in [0.717, 1.165) is 22.6 Å². The molecule has 2 aromatic rings. The molecule has 2 aromatic carbocycles. The number of imide groups is 1. The Morgan fingerprint density at radius 1 is 1.04 bits per heavy atom. The van der Waals surface area contributed by atoms with Gasteiger partial charge in [-0.3, -0.25) is 19.3 Å². The van der Waals surface area contributed by atoms with Crippen LogP contribution in [0.2, 0.25) is 5.02 Å². The number of benzene rings is 2. The Kier molecular flexibility index (Phi) is 3.39. The normalized spacial score (nSPS) is 15.7. The molecule has 120 valence electrons. The van der Waals surface area contributed by atoms with E-state index in [1.54, 1.807) is 11.0 Å². The lowest BCUT2D eigenvalue weighted by Crippen LogP contribution is -2.42. The SMILES string of the molecule is O=C1c2ccc(Cl)cc2C(=O)N1CC(=O)N1CCc2ccccc21. The summed E-state index contributed by atoms with van der Waals surface area (Å²) in [4.78, 5) is 40.1. The van der Waals surface area contributed by atoms with Crippen molar-refractivity contribution in [2.45, 2.75) is 6.42 Å². The van der Waals surface area contributed by atoms with Crippen LogP contribution in [0.15, 0.2) is 42.5 Å². The van der Waals surface area contributed by atoms with Crippen LogP contribution < -0.4 is 4.90 Å². The summed E-state index contributed by atoms with van der Waals surface area (Å²) < 4.78 is 0. The molecular formula is C18H13ClN2O3.